The molecule has 3 heterocycles. The minimum atomic E-state index is -0.693. The average molecular weight is 460 g/mol. The standard InChI is InChI=1S/C22H19ClFN3O3S/c23-19-9-8-18(31-19)21(29)25-13-15-4-3-11-27(15)22(30)16-7-6-14(12-17(16)24)26-10-2-1-5-20(26)28/h1-2,5-10,12,15H,3-4,11,13H2,(H,25,29). The van der Waals surface area contributed by atoms with Gasteiger partial charge in [0.2, 0.25) is 0 Å². The molecule has 1 unspecified atom stereocenters. The summed E-state index contributed by atoms with van der Waals surface area (Å²) >= 11 is 7.05. The Morgan fingerprint density at radius 1 is 1.19 bits per heavy atom. The Hall–Kier alpha value is -2.97. The van der Waals surface area contributed by atoms with Crippen molar-refractivity contribution in [3.8, 4) is 5.69 Å². The molecule has 0 saturated carbocycles. The van der Waals surface area contributed by atoms with E-state index in [0.717, 1.165) is 12.8 Å². The number of nitrogens with zero attached hydrogens (tertiary/aromatic N) is 2. The first kappa shape index (κ1) is 21.3. The van der Waals surface area contributed by atoms with E-state index in [-0.39, 0.29) is 29.6 Å². The third kappa shape index (κ3) is 4.55. The zero-order chi connectivity index (χ0) is 22.0. The summed E-state index contributed by atoms with van der Waals surface area (Å²) in [5, 5.41) is 2.83. The molecule has 3 aromatic rings. The SMILES string of the molecule is O=C(NCC1CCCN1C(=O)c1ccc(-n2ccccc2=O)cc1F)c1ccc(Cl)s1. The van der Waals surface area contributed by atoms with E-state index in [0.29, 0.717) is 21.4 Å². The van der Waals surface area contributed by atoms with Crippen molar-refractivity contribution in [1.29, 1.82) is 0 Å². The quantitative estimate of drug-likeness (QED) is 0.632. The molecular formula is C22H19ClFN3O3S. The van der Waals surface area contributed by atoms with Crippen molar-refractivity contribution in [1.82, 2.24) is 14.8 Å². The Morgan fingerprint density at radius 2 is 2.03 bits per heavy atom. The van der Waals surface area contributed by atoms with Gasteiger partial charge in [0.25, 0.3) is 17.4 Å². The summed E-state index contributed by atoms with van der Waals surface area (Å²) in [4.78, 5) is 39.3. The molecule has 4 rings (SSSR count). The maximum atomic E-state index is 14.8. The lowest BCUT2D eigenvalue weighted by Crippen LogP contribution is -2.43. The van der Waals surface area contributed by atoms with Gasteiger partial charge in [0.15, 0.2) is 0 Å². The smallest absolute Gasteiger partial charge is 0.261 e. The third-order valence-electron chi connectivity index (χ3n) is 5.22. The largest absolute Gasteiger partial charge is 0.349 e. The van der Waals surface area contributed by atoms with Gasteiger partial charge in [-0.05, 0) is 49.2 Å². The van der Waals surface area contributed by atoms with Crippen molar-refractivity contribution >= 4 is 34.8 Å². The first-order chi connectivity index (χ1) is 14.9. The van der Waals surface area contributed by atoms with Crippen LogP contribution in [0, 0.1) is 5.82 Å². The van der Waals surface area contributed by atoms with E-state index >= 15 is 0 Å². The molecule has 1 saturated heterocycles. The normalized spacial score (nSPS) is 15.8. The number of pyridine rings is 1. The number of benzene rings is 1. The summed E-state index contributed by atoms with van der Waals surface area (Å²) in [6.45, 7) is 0.767. The van der Waals surface area contributed by atoms with Crippen LogP contribution in [0.4, 0.5) is 4.39 Å². The van der Waals surface area contributed by atoms with E-state index < -0.39 is 11.7 Å². The molecule has 2 amide bonds. The molecule has 1 fully saturated rings. The minimum Gasteiger partial charge on any atom is -0.349 e. The van der Waals surface area contributed by atoms with Crippen LogP contribution in [0.15, 0.2) is 59.5 Å². The van der Waals surface area contributed by atoms with Crippen LogP contribution < -0.4 is 10.9 Å². The van der Waals surface area contributed by atoms with Gasteiger partial charge in [0.1, 0.15) is 5.82 Å². The number of amides is 2. The van der Waals surface area contributed by atoms with Crippen LogP contribution in [0.25, 0.3) is 5.69 Å². The summed E-state index contributed by atoms with van der Waals surface area (Å²) in [5.41, 5.74) is -0.00107. The van der Waals surface area contributed by atoms with E-state index in [2.05, 4.69) is 5.32 Å². The molecule has 1 atom stereocenters. The number of thiophene rings is 1. The number of likely N-dealkylation sites (tertiary alicyclic amines) is 1. The Morgan fingerprint density at radius 3 is 2.74 bits per heavy atom. The van der Waals surface area contributed by atoms with Gasteiger partial charge in [0.05, 0.1) is 20.5 Å². The van der Waals surface area contributed by atoms with Crippen molar-refractivity contribution < 1.29 is 14.0 Å². The molecule has 0 aliphatic carbocycles. The molecule has 0 radical (unpaired) electrons. The van der Waals surface area contributed by atoms with Gasteiger partial charge < -0.3 is 10.2 Å². The number of hydrogen-bond donors (Lipinski definition) is 1. The molecule has 31 heavy (non-hydrogen) atoms. The summed E-state index contributed by atoms with van der Waals surface area (Å²) in [5.74, 6) is -1.37. The second kappa shape index (κ2) is 9.03. The molecule has 1 aliphatic rings. The van der Waals surface area contributed by atoms with Gasteiger partial charge in [-0.1, -0.05) is 17.7 Å². The Bertz CT molecular complexity index is 1190. The van der Waals surface area contributed by atoms with Crippen LogP contribution in [-0.4, -0.2) is 40.4 Å². The first-order valence-corrected chi connectivity index (χ1v) is 11.0. The predicted octanol–water partition coefficient (Wildman–Crippen LogP) is 3.73. The molecule has 0 spiro atoms. The highest BCUT2D eigenvalue weighted by Crippen LogP contribution is 2.24. The summed E-state index contributed by atoms with van der Waals surface area (Å²) in [6.07, 6.45) is 3.03. The van der Waals surface area contributed by atoms with Crippen LogP contribution in [0.1, 0.15) is 32.9 Å². The number of hydrogen-bond acceptors (Lipinski definition) is 4. The van der Waals surface area contributed by atoms with Crippen molar-refractivity contribution in [2.45, 2.75) is 18.9 Å². The third-order valence-corrected chi connectivity index (χ3v) is 6.45. The lowest BCUT2D eigenvalue weighted by Gasteiger charge is -2.25. The molecule has 2 aromatic heterocycles. The van der Waals surface area contributed by atoms with Crippen molar-refractivity contribution in [3.63, 3.8) is 0 Å². The molecule has 1 aromatic carbocycles. The van der Waals surface area contributed by atoms with E-state index in [1.165, 1.54) is 34.1 Å². The molecular weight excluding hydrogens is 441 g/mol. The van der Waals surface area contributed by atoms with E-state index in [4.69, 9.17) is 11.6 Å². The van der Waals surface area contributed by atoms with E-state index in [1.54, 1.807) is 41.4 Å². The first-order valence-electron chi connectivity index (χ1n) is 9.76. The Balaban J connectivity index is 1.47. The average Bonchev–Trinajstić information content (AvgIpc) is 3.41. The number of rotatable bonds is 5. The van der Waals surface area contributed by atoms with E-state index in [1.807, 2.05) is 0 Å². The fourth-order valence-corrected chi connectivity index (χ4v) is 4.63. The zero-order valence-corrected chi connectivity index (χ0v) is 18.0. The number of carbonyl (C=O) groups excluding carboxylic acids is 2. The van der Waals surface area contributed by atoms with Crippen molar-refractivity contribution in [3.05, 3.63) is 85.7 Å². The van der Waals surface area contributed by atoms with Gasteiger partial charge in [-0.15, -0.1) is 11.3 Å². The summed E-state index contributed by atoms with van der Waals surface area (Å²) in [7, 11) is 0. The van der Waals surface area contributed by atoms with Gasteiger partial charge >= 0.3 is 0 Å². The minimum absolute atomic E-state index is 0.0593. The second-order valence-electron chi connectivity index (χ2n) is 7.18. The van der Waals surface area contributed by atoms with Crippen LogP contribution >= 0.6 is 22.9 Å². The van der Waals surface area contributed by atoms with Gasteiger partial charge in [-0.2, -0.15) is 0 Å². The highest BCUT2D eigenvalue weighted by atomic mass is 35.5. The summed E-state index contributed by atoms with van der Waals surface area (Å²) in [6, 6.07) is 11.9. The van der Waals surface area contributed by atoms with E-state index in [9.17, 15) is 18.8 Å². The number of aromatic nitrogens is 1. The molecule has 1 aliphatic heterocycles. The van der Waals surface area contributed by atoms with Gasteiger partial charge in [-0.25, -0.2) is 4.39 Å². The Labute approximate surface area is 186 Å². The van der Waals surface area contributed by atoms with Crippen LogP contribution in [0.5, 0.6) is 0 Å². The lowest BCUT2D eigenvalue weighted by atomic mass is 10.1. The zero-order valence-electron chi connectivity index (χ0n) is 16.4. The van der Waals surface area contributed by atoms with Crippen molar-refractivity contribution in [2.24, 2.45) is 0 Å². The van der Waals surface area contributed by atoms with Gasteiger partial charge in [-0.3, -0.25) is 19.0 Å². The van der Waals surface area contributed by atoms with Crippen LogP contribution in [-0.2, 0) is 0 Å². The number of nitrogens with one attached hydrogen (secondary N) is 1. The monoisotopic (exact) mass is 459 g/mol. The highest BCUT2D eigenvalue weighted by molar-refractivity contribution is 7.18. The lowest BCUT2D eigenvalue weighted by molar-refractivity contribution is 0.0721. The van der Waals surface area contributed by atoms with Gasteiger partial charge in [0, 0.05) is 31.4 Å². The maximum absolute atomic E-state index is 14.8. The fourth-order valence-electron chi connectivity index (χ4n) is 3.67. The second-order valence-corrected chi connectivity index (χ2v) is 8.90. The molecule has 9 heteroatoms. The molecule has 1 N–H and O–H groups in total. The van der Waals surface area contributed by atoms with Crippen molar-refractivity contribution in [2.75, 3.05) is 13.1 Å². The fraction of sp³-hybridized carbons (Fsp3) is 0.227. The molecule has 6 nitrogen and oxygen atoms in total. The topological polar surface area (TPSA) is 71.4 Å². The number of halogens is 2. The molecule has 160 valence electrons. The maximum Gasteiger partial charge on any atom is 0.261 e. The summed E-state index contributed by atoms with van der Waals surface area (Å²) < 4.78 is 16.6. The van der Waals surface area contributed by atoms with Crippen LogP contribution in [0.2, 0.25) is 4.34 Å². The van der Waals surface area contributed by atoms with Crippen LogP contribution in [0.3, 0.4) is 0 Å². The number of carbonyl (C=O) groups is 2. The predicted molar refractivity (Wildman–Crippen MR) is 118 cm³/mol. The Kier molecular flexibility index (Phi) is 6.20. The molecule has 0 bridgehead atoms. The highest BCUT2D eigenvalue weighted by Gasteiger charge is 2.31.